The van der Waals surface area contributed by atoms with E-state index in [0.29, 0.717) is 30.4 Å². The largest absolute Gasteiger partial charge is 0.506 e. The average molecular weight is 400 g/mol. The molecule has 1 amide bonds. The quantitative estimate of drug-likeness (QED) is 0.701. The summed E-state index contributed by atoms with van der Waals surface area (Å²) in [5, 5.41) is 9.89. The molecule has 0 atom stereocenters. The molecule has 4 rings (SSSR count). The van der Waals surface area contributed by atoms with Crippen molar-refractivity contribution in [1.82, 2.24) is 19.2 Å². The van der Waals surface area contributed by atoms with E-state index in [1.54, 1.807) is 18.3 Å². The number of carbonyl (C=O) groups is 1. The number of carbonyl (C=O) groups excluding carboxylic acids is 1. The van der Waals surface area contributed by atoms with E-state index < -0.39 is 0 Å². The highest BCUT2D eigenvalue weighted by atomic mass is 35.5. The highest BCUT2D eigenvalue weighted by Gasteiger charge is 2.24. The summed E-state index contributed by atoms with van der Waals surface area (Å²) in [6, 6.07) is 9.05. The third-order valence-electron chi connectivity index (χ3n) is 5.04. The van der Waals surface area contributed by atoms with Crippen molar-refractivity contribution < 1.29 is 9.90 Å². The molecule has 0 unspecified atom stereocenters. The summed E-state index contributed by atoms with van der Waals surface area (Å²) in [7, 11) is 0. The first-order valence-corrected chi connectivity index (χ1v) is 9.58. The molecule has 0 radical (unpaired) electrons. The molecular formula is C20H22ClN5O2. The number of hydrogen-bond donors (Lipinski definition) is 2. The van der Waals surface area contributed by atoms with Gasteiger partial charge >= 0.3 is 0 Å². The van der Waals surface area contributed by atoms with Gasteiger partial charge in [0.1, 0.15) is 17.1 Å². The molecule has 3 aromatic rings. The standard InChI is InChI=1S/C20H22ClN5O2/c21-16-9-14(1-3-18(16)27)11-24-5-7-25(8-6-24)20(28)17-13-26-12-15(10-22)2-4-19(26)23-17/h1-4,9,12-13,27H,5-8,10-11,22H2. The lowest BCUT2D eigenvalue weighted by molar-refractivity contribution is 0.0623. The van der Waals surface area contributed by atoms with Crippen LogP contribution in [0.5, 0.6) is 5.75 Å². The van der Waals surface area contributed by atoms with Crippen LogP contribution in [-0.2, 0) is 13.1 Å². The van der Waals surface area contributed by atoms with E-state index in [9.17, 15) is 9.90 Å². The van der Waals surface area contributed by atoms with Crippen LogP contribution in [0.15, 0.2) is 42.7 Å². The summed E-state index contributed by atoms with van der Waals surface area (Å²) in [5.41, 5.74) is 8.90. The number of phenolic OH excluding ortho intramolecular Hbond substituents is 1. The molecule has 7 nitrogen and oxygen atoms in total. The Hall–Kier alpha value is -2.61. The van der Waals surface area contributed by atoms with Gasteiger partial charge in [0.15, 0.2) is 0 Å². The lowest BCUT2D eigenvalue weighted by atomic mass is 10.2. The maximum Gasteiger partial charge on any atom is 0.274 e. The van der Waals surface area contributed by atoms with Crippen LogP contribution in [0.2, 0.25) is 5.02 Å². The molecule has 3 N–H and O–H groups in total. The average Bonchev–Trinajstić information content (AvgIpc) is 3.14. The van der Waals surface area contributed by atoms with E-state index in [-0.39, 0.29) is 11.7 Å². The Morgan fingerprint density at radius 3 is 2.57 bits per heavy atom. The molecule has 0 bridgehead atoms. The number of rotatable bonds is 4. The van der Waals surface area contributed by atoms with Crippen molar-refractivity contribution >= 4 is 23.2 Å². The van der Waals surface area contributed by atoms with Crippen molar-refractivity contribution in [2.75, 3.05) is 26.2 Å². The second-order valence-electron chi connectivity index (χ2n) is 6.99. The monoisotopic (exact) mass is 399 g/mol. The number of hydrogen-bond acceptors (Lipinski definition) is 5. The maximum atomic E-state index is 12.8. The van der Waals surface area contributed by atoms with Gasteiger partial charge in [-0.25, -0.2) is 4.98 Å². The fourth-order valence-electron chi connectivity index (χ4n) is 3.44. The number of amides is 1. The number of nitrogens with zero attached hydrogens (tertiary/aromatic N) is 4. The van der Waals surface area contributed by atoms with Gasteiger partial charge in [-0.3, -0.25) is 9.69 Å². The molecule has 3 heterocycles. The molecular weight excluding hydrogens is 378 g/mol. The molecule has 0 saturated carbocycles. The van der Waals surface area contributed by atoms with Gasteiger partial charge in [-0.2, -0.15) is 0 Å². The normalized spacial score (nSPS) is 15.3. The highest BCUT2D eigenvalue weighted by Crippen LogP contribution is 2.24. The van der Waals surface area contributed by atoms with Gasteiger partial charge < -0.3 is 20.1 Å². The van der Waals surface area contributed by atoms with E-state index in [1.807, 2.05) is 33.7 Å². The zero-order valence-electron chi connectivity index (χ0n) is 15.4. The third kappa shape index (κ3) is 3.82. The SMILES string of the molecule is NCc1ccc2nc(C(=O)N3CCN(Cc4ccc(O)c(Cl)c4)CC3)cn2c1. The molecule has 1 aliphatic heterocycles. The van der Waals surface area contributed by atoms with Gasteiger partial charge in [-0.05, 0) is 29.3 Å². The van der Waals surface area contributed by atoms with Crippen molar-refractivity contribution in [2.24, 2.45) is 5.73 Å². The zero-order chi connectivity index (χ0) is 19.7. The molecule has 0 spiro atoms. The number of halogens is 1. The number of pyridine rings is 1. The molecule has 1 aliphatic rings. The van der Waals surface area contributed by atoms with E-state index in [1.165, 1.54) is 0 Å². The number of benzene rings is 1. The number of phenols is 1. The summed E-state index contributed by atoms with van der Waals surface area (Å²) in [5.74, 6) is 0.0391. The Bertz CT molecular complexity index is 1010. The number of aromatic nitrogens is 2. The van der Waals surface area contributed by atoms with Crippen LogP contribution in [0.4, 0.5) is 0 Å². The molecule has 146 valence electrons. The lowest BCUT2D eigenvalue weighted by Gasteiger charge is -2.34. The summed E-state index contributed by atoms with van der Waals surface area (Å²) < 4.78 is 1.85. The number of piperazine rings is 1. The first-order valence-electron chi connectivity index (χ1n) is 9.20. The minimum Gasteiger partial charge on any atom is -0.506 e. The minimum absolute atomic E-state index is 0.0506. The Balaban J connectivity index is 1.39. The van der Waals surface area contributed by atoms with Crippen LogP contribution in [0.3, 0.4) is 0 Å². The highest BCUT2D eigenvalue weighted by molar-refractivity contribution is 6.32. The molecule has 1 aromatic carbocycles. The first-order chi connectivity index (χ1) is 13.5. The Morgan fingerprint density at radius 1 is 1.11 bits per heavy atom. The van der Waals surface area contributed by atoms with Crippen LogP contribution >= 0.6 is 11.6 Å². The third-order valence-corrected chi connectivity index (χ3v) is 5.35. The van der Waals surface area contributed by atoms with Crippen LogP contribution < -0.4 is 5.73 Å². The predicted molar refractivity (Wildman–Crippen MR) is 107 cm³/mol. The van der Waals surface area contributed by atoms with Gasteiger partial charge in [0.25, 0.3) is 5.91 Å². The van der Waals surface area contributed by atoms with E-state index >= 15 is 0 Å². The number of imidazole rings is 1. The smallest absolute Gasteiger partial charge is 0.274 e. The molecule has 2 aromatic heterocycles. The van der Waals surface area contributed by atoms with Gasteiger partial charge in [0.05, 0.1) is 5.02 Å². The van der Waals surface area contributed by atoms with Crippen molar-refractivity contribution in [3.63, 3.8) is 0 Å². The molecule has 0 aliphatic carbocycles. The fourth-order valence-corrected chi connectivity index (χ4v) is 3.64. The Labute approximate surface area is 167 Å². The lowest BCUT2D eigenvalue weighted by Crippen LogP contribution is -2.48. The summed E-state index contributed by atoms with van der Waals surface area (Å²) in [6.07, 6.45) is 3.67. The Morgan fingerprint density at radius 2 is 1.86 bits per heavy atom. The number of fused-ring (bicyclic) bond motifs is 1. The van der Waals surface area contributed by atoms with E-state index in [2.05, 4.69) is 9.88 Å². The van der Waals surface area contributed by atoms with Crippen molar-refractivity contribution in [3.05, 3.63) is 64.6 Å². The summed E-state index contributed by atoms with van der Waals surface area (Å²) >= 11 is 5.98. The van der Waals surface area contributed by atoms with Gasteiger partial charge in [0, 0.05) is 51.7 Å². The zero-order valence-corrected chi connectivity index (χ0v) is 16.1. The van der Waals surface area contributed by atoms with Crippen LogP contribution in [0, 0.1) is 0 Å². The fraction of sp³-hybridized carbons (Fsp3) is 0.300. The second kappa shape index (κ2) is 7.79. The topological polar surface area (TPSA) is 87.1 Å². The molecule has 8 heteroatoms. The van der Waals surface area contributed by atoms with Crippen LogP contribution in [-0.4, -0.2) is 56.4 Å². The van der Waals surface area contributed by atoms with Crippen LogP contribution in [0.1, 0.15) is 21.6 Å². The summed E-state index contributed by atoms with van der Waals surface area (Å²) in [6.45, 7) is 4.02. The molecule has 1 saturated heterocycles. The van der Waals surface area contributed by atoms with E-state index in [0.717, 1.165) is 36.4 Å². The Kier molecular flexibility index (Phi) is 5.21. The van der Waals surface area contributed by atoms with Crippen molar-refractivity contribution in [3.8, 4) is 5.75 Å². The predicted octanol–water partition coefficient (Wildman–Crippen LogP) is 2.11. The minimum atomic E-state index is -0.0506. The van der Waals surface area contributed by atoms with Crippen molar-refractivity contribution in [2.45, 2.75) is 13.1 Å². The summed E-state index contributed by atoms with van der Waals surface area (Å²) in [4.78, 5) is 21.4. The van der Waals surface area contributed by atoms with Crippen LogP contribution in [0.25, 0.3) is 5.65 Å². The second-order valence-corrected chi connectivity index (χ2v) is 7.39. The van der Waals surface area contributed by atoms with Gasteiger partial charge in [-0.15, -0.1) is 0 Å². The van der Waals surface area contributed by atoms with E-state index in [4.69, 9.17) is 17.3 Å². The number of aromatic hydroxyl groups is 1. The first kappa shape index (κ1) is 18.7. The molecule has 28 heavy (non-hydrogen) atoms. The molecule has 1 fully saturated rings. The van der Waals surface area contributed by atoms with Gasteiger partial charge in [0.2, 0.25) is 0 Å². The number of nitrogens with two attached hydrogens (primary N) is 1. The maximum absolute atomic E-state index is 12.8. The van der Waals surface area contributed by atoms with Gasteiger partial charge in [-0.1, -0.05) is 23.7 Å². The van der Waals surface area contributed by atoms with Crippen molar-refractivity contribution in [1.29, 1.82) is 0 Å².